The number of ether oxygens (including phenoxy) is 2. The SMILES string of the molecule is C[C@H](N)C(=O)OC(=O)[C@@H](N)COC(=O)CN. The summed E-state index contributed by atoms with van der Waals surface area (Å²) in [6, 6.07) is -2.17. The molecule has 8 heteroatoms. The van der Waals surface area contributed by atoms with Crippen LogP contribution in [0.1, 0.15) is 6.92 Å². The van der Waals surface area contributed by atoms with Gasteiger partial charge >= 0.3 is 17.9 Å². The van der Waals surface area contributed by atoms with Gasteiger partial charge in [-0.1, -0.05) is 0 Å². The molecule has 8 nitrogen and oxygen atoms in total. The van der Waals surface area contributed by atoms with Crippen molar-refractivity contribution in [3.8, 4) is 0 Å². The van der Waals surface area contributed by atoms with Crippen molar-refractivity contribution in [2.45, 2.75) is 19.0 Å². The second-order valence-corrected chi connectivity index (χ2v) is 3.02. The van der Waals surface area contributed by atoms with Crippen LogP contribution in [0.25, 0.3) is 0 Å². The van der Waals surface area contributed by atoms with E-state index in [-0.39, 0.29) is 6.54 Å². The highest BCUT2D eigenvalue weighted by Gasteiger charge is 2.21. The second-order valence-electron chi connectivity index (χ2n) is 3.02. The first-order valence-electron chi connectivity index (χ1n) is 4.50. The maximum absolute atomic E-state index is 11.1. The van der Waals surface area contributed by atoms with Crippen LogP contribution < -0.4 is 17.2 Å². The molecule has 16 heavy (non-hydrogen) atoms. The lowest BCUT2D eigenvalue weighted by Crippen LogP contribution is -2.41. The molecule has 0 bridgehead atoms. The van der Waals surface area contributed by atoms with Crippen molar-refractivity contribution in [3.63, 3.8) is 0 Å². The molecule has 0 radical (unpaired) electrons. The van der Waals surface area contributed by atoms with Gasteiger partial charge < -0.3 is 26.7 Å². The number of hydrogen-bond donors (Lipinski definition) is 3. The molecule has 0 aromatic carbocycles. The fourth-order valence-electron chi connectivity index (χ4n) is 0.577. The summed E-state index contributed by atoms with van der Waals surface area (Å²) in [6.45, 7) is 0.636. The third-order valence-corrected chi connectivity index (χ3v) is 1.47. The molecule has 0 aliphatic carbocycles. The van der Waals surface area contributed by atoms with Crippen LogP contribution in [0.2, 0.25) is 0 Å². The van der Waals surface area contributed by atoms with E-state index in [2.05, 4.69) is 9.47 Å². The number of rotatable bonds is 5. The number of nitrogens with two attached hydrogens (primary N) is 3. The van der Waals surface area contributed by atoms with Gasteiger partial charge in [-0.25, -0.2) is 9.59 Å². The van der Waals surface area contributed by atoms with Gasteiger partial charge in [-0.15, -0.1) is 0 Å². The molecule has 0 amide bonds. The molecule has 0 rings (SSSR count). The van der Waals surface area contributed by atoms with Gasteiger partial charge in [0.15, 0.2) is 0 Å². The Morgan fingerprint density at radius 2 is 1.75 bits per heavy atom. The van der Waals surface area contributed by atoms with Gasteiger partial charge in [0, 0.05) is 0 Å². The van der Waals surface area contributed by atoms with Crippen molar-refractivity contribution >= 4 is 17.9 Å². The molecule has 0 aliphatic rings. The Bertz CT molecular complexity index is 279. The molecule has 0 saturated carbocycles. The smallest absolute Gasteiger partial charge is 0.334 e. The van der Waals surface area contributed by atoms with Crippen LogP contribution in [0.4, 0.5) is 0 Å². The van der Waals surface area contributed by atoms with E-state index in [1.54, 1.807) is 0 Å². The Morgan fingerprint density at radius 3 is 2.19 bits per heavy atom. The fraction of sp³-hybridized carbons (Fsp3) is 0.625. The number of carbonyl (C=O) groups is 3. The van der Waals surface area contributed by atoms with Gasteiger partial charge in [0.05, 0.1) is 6.54 Å². The normalized spacial score (nSPS) is 13.8. The summed E-state index contributed by atoms with van der Waals surface area (Å²) in [4.78, 5) is 32.6. The molecule has 0 saturated heterocycles. The quantitative estimate of drug-likeness (QED) is 0.341. The first kappa shape index (κ1) is 14.5. The van der Waals surface area contributed by atoms with E-state index in [1.165, 1.54) is 6.92 Å². The summed E-state index contributed by atoms with van der Waals surface area (Å²) < 4.78 is 8.77. The van der Waals surface area contributed by atoms with Crippen LogP contribution in [0.3, 0.4) is 0 Å². The molecule has 0 heterocycles. The van der Waals surface area contributed by atoms with E-state index in [0.29, 0.717) is 0 Å². The van der Waals surface area contributed by atoms with Crippen molar-refractivity contribution in [3.05, 3.63) is 0 Å². The van der Waals surface area contributed by atoms with E-state index < -0.39 is 36.6 Å². The first-order valence-corrected chi connectivity index (χ1v) is 4.50. The maximum Gasteiger partial charge on any atom is 0.334 e. The maximum atomic E-state index is 11.1. The lowest BCUT2D eigenvalue weighted by Gasteiger charge is -2.11. The van der Waals surface area contributed by atoms with E-state index in [1.807, 2.05) is 0 Å². The van der Waals surface area contributed by atoms with Crippen molar-refractivity contribution in [2.24, 2.45) is 17.2 Å². The van der Waals surface area contributed by atoms with E-state index in [9.17, 15) is 14.4 Å². The Kier molecular flexibility index (Phi) is 6.23. The van der Waals surface area contributed by atoms with Crippen molar-refractivity contribution in [1.29, 1.82) is 0 Å². The largest absolute Gasteiger partial charge is 0.462 e. The highest BCUT2D eigenvalue weighted by molar-refractivity contribution is 5.90. The van der Waals surface area contributed by atoms with Gasteiger partial charge in [-0.2, -0.15) is 0 Å². The summed E-state index contributed by atoms with van der Waals surface area (Å²) in [7, 11) is 0. The lowest BCUT2D eigenvalue weighted by atomic mass is 10.3. The van der Waals surface area contributed by atoms with Crippen LogP contribution in [0.15, 0.2) is 0 Å². The Morgan fingerprint density at radius 1 is 1.19 bits per heavy atom. The van der Waals surface area contributed by atoms with E-state index >= 15 is 0 Å². The van der Waals surface area contributed by atoms with Crippen molar-refractivity contribution in [2.75, 3.05) is 13.2 Å². The molecule has 0 unspecified atom stereocenters. The predicted octanol–water partition coefficient (Wildman–Crippen LogP) is -2.77. The van der Waals surface area contributed by atoms with Gasteiger partial charge in [0.1, 0.15) is 18.7 Å². The topological polar surface area (TPSA) is 148 Å². The molecule has 0 aliphatic heterocycles. The zero-order chi connectivity index (χ0) is 12.7. The molecule has 0 fully saturated rings. The number of esters is 3. The first-order chi connectivity index (χ1) is 7.38. The summed E-state index contributed by atoms with van der Waals surface area (Å²) in [5.74, 6) is -2.61. The summed E-state index contributed by atoms with van der Waals surface area (Å²) in [6.07, 6.45) is 0. The summed E-state index contributed by atoms with van der Waals surface area (Å²) >= 11 is 0. The molecule has 0 aromatic heterocycles. The summed E-state index contributed by atoms with van der Waals surface area (Å²) in [5.41, 5.74) is 15.4. The predicted molar refractivity (Wildman–Crippen MR) is 52.7 cm³/mol. The molecule has 2 atom stereocenters. The van der Waals surface area contributed by atoms with Crippen LogP contribution >= 0.6 is 0 Å². The molecular formula is C8H15N3O5. The minimum absolute atomic E-state index is 0.319. The average Bonchev–Trinajstić information content (AvgIpc) is 2.24. The molecular weight excluding hydrogens is 218 g/mol. The molecule has 0 spiro atoms. The van der Waals surface area contributed by atoms with E-state index in [0.717, 1.165) is 0 Å². The zero-order valence-electron chi connectivity index (χ0n) is 8.84. The summed E-state index contributed by atoms with van der Waals surface area (Å²) in [5, 5.41) is 0. The number of hydrogen-bond acceptors (Lipinski definition) is 8. The monoisotopic (exact) mass is 233 g/mol. The van der Waals surface area contributed by atoms with Crippen LogP contribution in [-0.4, -0.2) is 43.1 Å². The third kappa shape index (κ3) is 5.39. The van der Waals surface area contributed by atoms with Gasteiger partial charge in [-0.05, 0) is 6.92 Å². The highest BCUT2D eigenvalue weighted by atomic mass is 16.6. The van der Waals surface area contributed by atoms with E-state index in [4.69, 9.17) is 17.2 Å². The standard InChI is InChI=1S/C8H15N3O5/c1-4(10)7(13)16-8(14)5(11)3-15-6(12)2-9/h4-5H,2-3,9-11H2,1H3/t4-,5-/m0/s1. The zero-order valence-corrected chi connectivity index (χ0v) is 8.84. The van der Waals surface area contributed by atoms with Crippen LogP contribution in [0.5, 0.6) is 0 Å². The molecule has 6 N–H and O–H groups in total. The van der Waals surface area contributed by atoms with Crippen LogP contribution in [-0.2, 0) is 23.9 Å². The Hall–Kier alpha value is -1.51. The Balaban J connectivity index is 4.00. The van der Waals surface area contributed by atoms with Gasteiger partial charge in [-0.3, -0.25) is 4.79 Å². The van der Waals surface area contributed by atoms with Gasteiger partial charge in [0.25, 0.3) is 0 Å². The van der Waals surface area contributed by atoms with Gasteiger partial charge in [0.2, 0.25) is 0 Å². The van der Waals surface area contributed by atoms with Crippen LogP contribution in [0, 0.1) is 0 Å². The average molecular weight is 233 g/mol. The van der Waals surface area contributed by atoms with Crippen molar-refractivity contribution < 1.29 is 23.9 Å². The minimum Gasteiger partial charge on any atom is -0.462 e. The van der Waals surface area contributed by atoms with Crippen molar-refractivity contribution in [1.82, 2.24) is 0 Å². The minimum atomic E-state index is -1.24. The molecule has 0 aromatic rings. The molecule has 92 valence electrons. The number of carbonyl (C=O) groups excluding carboxylic acids is 3. The fourth-order valence-corrected chi connectivity index (χ4v) is 0.577. The Labute approximate surface area is 92.0 Å². The lowest BCUT2D eigenvalue weighted by molar-refractivity contribution is -0.162. The second kappa shape index (κ2) is 6.88. The highest BCUT2D eigenvalue weighted by Crippen LogP contribution is 1.91. The third-order valence-electron chi connectivity index (χ3n) is 1.47.